The number of piperazine rings is 1. The fraction of sp³-hybridized carbons (Fsp3) is 0.600. The van der Waals surface area contributed by atoms with Crippen molar-refractivity contribution in [3.63, 3.8) is 0 Å². The van der Waals surface area contributed by atoms with Crippen molar-refractivity contribution in [2.24, 2.45) is 0 Å². The van der Waals surface area contributed by atoms with E-state index in [2.05, 4.69) is 4.90 Å². The highest BCUT2D eigenvalue weighted by Gasteiger charge is 2.37. The summed E-state index contributed by atoms with van der Waals surface area (Å²) in [7, 11) is 0. The fourth-order valence-electron chi connectivity index (χ4n) is 3.67. The quantitative estimate of drug-likeness (QED) is 0.551. The van der Waals surface area contributed by atoms with Crippen molar-refractivity contribution in [3.05, 3.63) is 32.1 Å². The lowest BCUT2D eigenvalue weighted by Crippen LogP contribution is -2.60. The maximum atomic E-state index is 14.2. The largest absolute Gasteiger partial charge is 0.444 e. The lowest BCUT2D eigenvalue weighted by molar-refractivity contribution is -0.0908. The van der Waals surface area contributed by atoms with Gasteiger partial charge in [-0.3, -0.25) is 4.90 Å². The van der Waals surface area contributed by atoms with Gasteiger partial charge >= 0.3 is 6.09 Å². The third-order valence-electron chi connectivity index (χ3n) is 5.12. The molecule has 2 aliphatic rings. The molecule has 2 saturated heterocycles. The van der Waals surface area contributed by atoms with Crippen LogP contribution in [0.25, 0.3) is 0 Å². The van der Waals surface area contributed by atoms with Crippen LogP contribution in [0, 0.1) is 27.6 Å². The highest BCUT2D eigenvalue weighted by molar-refractivity contribution is 14.1. The first-order valence-electron chi connectivity index (χ1n) is 9.33. The van der Waals surface area contributed by atoms with Gasteiger partial charge in [0.1, 0.15) is 11.7 Å². The molecule has 2 aliphatic heterocycles. The molecule has 1 aromatic carbocycles. The first-order chi connectivity index (χ1) is 13.1. The fourth-order valence-corrected chi connectivity index (χ4v) is 4.27. The number of carbonyl (C=O) groups is 1. The zero-order chi connectivity index (χ0) is 20.6. The molecular formula is C20H25FIN3O3. The Hall–Kier alpha value is -1.44. The molecule has 0 bridgehead atoms. The first-order valence-corrected chi connectivity index (χ1v) is 10.4. The molecule has 0 radical (unpaired) electrons. The zero-order valence-corrected chi connectivity index (χ0v) is 18.7. The van der Waals surface area contributed by atoms with E-state index in [4.69, 9.17) is 9.47 Å². The van der Waals surface area contributed by atoms with E-state index < -0.39 is 11.4 Å². The van der Waals surface area contributed by atoms with Gasteiger partial charge in [0, 0.05) is 26.2 Å². The molecule has 6 nitrogen and oxygen atoms in total. The molecule has 2 fully saturated rings. The predicted molar refractivity (Wildman–Crippen MR) is 110 cm³/mol. The number of rotatable bonds is 1. The standard InChI is InChI=1S/C20H25FIN3O3/c1-12-14(7-16(22)18(21)15(12)8-23)17-10-24-5-6-25(9-13(24)11-27-17)19(26)28-20(2,3)4/h7,13,17H,5-6,9-11H2,1-4H3/t13-,17-/m0/s1. The van der Waals surface area contributed by atoms with Crippen LogP contribution in [-0.2, 0) is 9.47 Å². The van der Waals surface area contributed by atoms with E-state index in [1.165, 1.54) is 0 Å². The Bertz CT molecular complexity index is 818. The average molecular weight is 501 g/mol. The Kier molecular flexibility index (Phi) is 6.17. The summed E-state index contributed by atoms with van der Waals surface area (Å²) in [5.74, 6) is -0.469. The summed E-state index contributed by atoms with van der Waals surface area (Å²) in [6, 6.07) is 3.85. The number of carbonyl (C=O) groups excluding carboxylic acids is 1. The van der Waals surface area contributed by atoms with Crippen molar-refractivity contribution in [1.29, 1.82) is 5.26 Å². The van der Waals surface area contributed by atoms with Crippen LogP contribution in [0.3, 0.4) is 0 Å². The van der Waals surface area contributed by atoms with Crippen LogP contribution < -0.4 is 0 Å². The van der Waals surface area contributed by atoms with Crippen LogP contribution in [0.15, 0.2) is 6.07 Å². The summed E-state index contributed by atoms with van der Waals surface area (Å²) in [5, 5.41) is 9.30. The molecule has 2 heterocycles. The van der Waals surface area contributed by atoms with Crippen molar-refractivity contribution < 1.29 is 18.7 Å². The summed E-state index contributed by atoms with van der Waals surface area (Å²) < 4.78 is 26.2. The van der Waals surface area contributed by atoms with Crippen LogP contribution in [0.5, 0.6) is 0 Å². The Labute approximate surface area is 178 Å². The molecule has 0 N–H and O–H groups in total. The van der Waals surface area contributed by atoms with Gasteiger partial charge < -0.3 is 14.4 Å². The highest BCUT2D eigenvalue weighted by Crippen LogP contribution is 2.33. The van der Waals surface area contributed by atoms with Gasteiger partial charge in [-0.25, -0.2) is 9.18 Å². The SMILES string of the molecule is Cc1c([C@@H]2CN3CCN(C(=O)OC(C)(C)C)C[C@H]3CO2)cc(I)c(F)c1C#N. The van der Waals surface area contributed by atoms with Crippen LogP contribution in [0.1, 0.15) is 43.6 Å². The van der Waals surface area contributed by atoms with Crippen molar-refractivity contribution >= 4 is 28.7 Å². The van der Waals surface area contributed by atoms with E-state index in [0.717, 1.165) is 12.1 Å². The summed E-state index contributed by atoms with van der Waals surface area (Å²) in [6.07, 6.45) is -0.512. The molecule has 3 rings (SSSR count). The van der Waals surface area contributed by atoms with Crippen molar-refractivity contribution in [3.8, 4) is 6.07 Å². The molecule has 0 unspecified atom stereocenters. The van der Waals surface area contributed by atoms with Gasteiger partial charge in [0.2, 0.25) is 0 Å². The van der Waals surface area contributed by atoms with E-state index in [0.29, 0.717) is 35.4 Å². The number of ether oxygens (including phenoxy) is 2. The molecule has 1 aromatic rings. The lowest BCUT2D eigenvalue weighted by atomic mass is 9.96. The van der Waals surface area contributed by atoms with Gasteiger partial charge in [-0.1, -0.05) is 0 Å². The second kappa shape index (κ2) is 8.13. The van der Waals surface area contributed by atoms with Crippen molar-refractivity contribution in [1.82, 2.24) is 9.80 Å². The third kappa shape index (κ3) is 4.42. The summed E-state index contributed by atoms with van der Waals surface area (Å²) >= 11 is 1.92. The highest BCUT2D eigenvalue weighted by atomic mass is 127. The Balaban J connectivity index is 1.70. The number of fused-ring (bicyclic) bond motifs is 1. The molecular weight excluding hydrogens is 476 g/mol. The molecule has 28 heavy (non-hydrogen) atoms. The average Bonchev–Trinajstić information content (AvgIpc) is 2.63. The maximum Gasteiger partial charge on any atom is 0.410 e. The van der Waals surface area contributed by atoms with E-state index in [9.17, 15) is 14.4 Å². The Morgan fingerprint density at radius 3 is 2.75 bits per heavy atom. The number of amides is 1. The van der Waals surface area contributed by atoms with Gasteiger partial charge in [0.25, 0.3) is 0 Å². The third-order valence-corrected chi connectivity index (χ3v) is 5.91. The molecule has 8 heteroatoms. The molecule has 0 saturated carbocycles. The second-order valence-electron chi connectivity index (χ2n) is 8.27. The zero-order valence-electron chi connectivity index (χ0n) is 16.6. The summed E-state index contributed by atoms with van der Waals surface area (Å²) in [5.41, 5.74) is 1.06. The first kappa shape index (κ1) is 21.3. The van der Waals surface area contributed by atoms with Gasteiger partial charge in [0.15, 0.2) is 5.82 Å². The number of hydrogen-bond acceptors (Lipinski definition) is 5. The van der Waals surface area contributed by atoms with E-state index >= 15 is 0 Å². The van der Waals surface area contributed by atoms with Gasteiger partial charge in [0.05, 0.1) is 27.9 Å². The molecule has 0 aliphatic carbocycles. The predicted octanol–water partition coefficient (Wildman–Crippen LogP) is 3.60. The Morgan fingerprint density at radius 2 is 2.11 bits per heavy atom. The number of hydrogen-bond donors (Lipinski definition) is 0. The number of morpholine rings is 1. The van der Waals surface area contributed by atoms with Crippen LogP contribution >= 0.6 is 22.6 Å². The van der Waals surface area contributed by atoms with Gasteiger partial charge in [-0.05, 0) is 67.5 Å². The lowest BCUT2D eigenvalue weighted by Gasteiger charge is -2.46. The number of nitriles is 1. The molecule has 0 aromatic heterocycles. The topological polar surface area (TPSA) is 65.8 Å². The molecule has 0 spiro atoms. The number of halogens is 2. The molecule has 1 amide bonds. The molecule has 2 atom stereocenters. The maximum absolute atomic E-state index is 14.2. The van der Waals surface area contributed by atoms with E-state index in [-0.39, 0.29) is 23.8 Å². The van der Waals surface area contributed by atoms with E-state index in [1.54, 1.807) is 17.9 Å². The van der Waals surface area contributed by atoms with Gasteiger partial charge in [-0.2, -0.15) is 5.26 Å². The van der Waals surface area contributed by atoms with Crippen molar-refractivity contribution in [2.45, 2.75) is 45.4 Å². The summed E-state index contributed by atoms with van der Waals surface area (Å²) in [4.78, 5) is 16.4. The second-order valence-corrected chi connectivity index (χ2v) is 9.43. The number of benzene rings is 1. The Morgan fingerprint density at radius 1 is 1.39 bits per heavy atom. The minimum atomic E-state index is -0.516. The van der Waals surface area contributed by atoms with Crippen LogP contribution in [-0.4, -0.2) is 60.3 Å². The monoisotopic (exact) mass is 501 g/mol. The van der Waals surface area contributed by atoms with Crippen LogP contribution in [0.4, 0.5) is 9.18 Å². The smallest absolute Gasteiger partial charge is 0.410 e. The normalized spacial score (nSPS) is 23.1. The van der Waals surface area contributed by atoms with Gasteiger partial charge in [-0.15, -0.1) is 0 Å². The summed E-state index contributed by atoms with van der Waals surface area (Å²) in [6.45, 7) is 10.4. The van der Waals surface area contributed by atoms with Crippen LogP contribution in [0.2, 0.25) is 0 Å². The van der Waals surface area contributed by atoms with Crippen molar-refractivity contribution in [2.75, 3.05) is 32.8 Å². The minimum Gasteiger partial charge on any atom is -0.444 e. The minimum absolute atomic E-state index is 0.0855. The molecule has 152 valence electrons. The van der Waals surface area contributed by atoms with E-state index in [1.807, 2.05) is 49.4 Å². The number of nitrogens with zero attached hydrogens (tertiary/aromatic N) is 3.